The first-order valence-electron chi connectivity index (χ1n) is 8.96. The SMILES string of the molecule is COCCn1c(=O)n([C@@H]2CCN(C(=O)c3cc(C)[nH]n3)C2)c2ncccc21. The Kier molecular flexibility index (Phi) is 4.53. The number of imidazole rings is 1. The zero-order chi connectivity index (χ0) is 19.0. The zero-order valence-electron chi connectivity index (χ0n) is 15.4. The fourth-order valence-corrected chi connectivity index (χ4v) is 3.66. The lowest BCUT2D eigenvalue weighted by molar-refractivity contribution is 0.0782. The van der Waals surface area contributed by atoms with Gasteiger partial charge >= 0.3 is 5.69 Å². The van der Waals surface area contributed by atoms with Gasteiger partial charge in [0.2, 0.25) is 0 Å². The second kappa shape index (κ2) is 6.99. The Morgan fingerprint density at radius 2 is 2.30 bits per heavy atom. The van der Waals surface area contributed by atoms with E-state index in [1.807, 2.05) is 19.1 Å². The van der Waals surface area contributed by atoms with Crippen LogP contribution < -0.4 is 5.69 Å². The lowest BCUT2D eigenvalue weighted by Crippen LogP contribution is -2.32. The Labute approximate surface area is 155 Å². The smallest absolute Gasteiger partial charge is 0.330 e. The molecule has 9 nitrogen and oxygen atoms in total. The van der Waals surface area contributed by atoms with Crippen LogP contribution in [0.1, 0.15) is 28.6 Å². The van der Waals surface area contributed by atoms with Crippen molar-refractivity contribution in [2.45, 2.75) is 25.9 Å². The summed E-state index contributed by atoms with van der Waals surface area (Å²) in [5.41, 5.74) is 2.56. The van der Waals surface area contributed by atoms with E-state index in [4.69, 9.17) is 4.74 Å². The number of amides is 1. The predicted octanol–water partition coefficient (Wildman–Crippen LogP) is 0.963. The van der Waals surface area contributed by atoms with Gasteiger partial charge in [0.1, 0.15) is 5.69 Å². The number of aryl methyl sites for hydroxylation is 1. The molecule has 4 rings (SSSR count). The first-order chi connectivity index (χ1) is 13.1. The molecule has 0 aliphatic carbocycles. The third-order valence-corrected chi connectivity index (χ3v) is 4.98. The second-order valence-electron chi connectivity index (χ2n) is 6.77. The largest absolute Gasteiger partial charge is 0.383 e. The van der Waals surface area contributed by atoms with Crippen molar-refractivity contribution in [2.75, 3.05) is 26.8 Å². The molecule has 0 saturated carbocycles. The van der Waals surface area contributed by atoms with Crippen LogP contribution in [0.15, 0.2) is 29.2 Å². The van der Waals surface area contributed by atoms with Crippen molar-refractivity contribution in [1.29, 1.82) is 0 Å². The number of fused-ring (bicyclic) bond motifs is 1. The average Bonchev–Trinajstić information content (AvgIpc) is 3.37. The number of ether oxygens (including phenoxy) is 1. The van der Waals surface area contributed by atoms with E-state index in [0.717, 1.165) is 11.2 Å². The first-order valence-corrected chi connectivity index (χ1v) is 8.96. The molecule has 0 aromatic carbocycles. The Hall–Kier alpha value is -2.94. The fourth-order valence-electron chi connectivity index (χ4n) is 3.66. The number of rotatable bonds is 5. The van der Waals surface area contributed by atoms with E-state index in [1.54, 1.807) is 33.4 Å². The molecule has 3 aromatic rings. The molecule has 0 bridgehead atoms. The number of pyridine rings is 1. The molecule has 3 aromatic heterocycles. The van der Waals surface area contributed by atoms with Crippen LogP contribution in [0.4, 0.5) is 0 Å². The Bertz CT molecular complexity index is 1030. The molecule has 1 N–H and O–H groups in total. The minimum atomic E-state index is -0.119. The molecular formula is C18H22N6O3. The van der Waals surface area contributed by atoms with Crippen molar-refractivity contribution in [2.24, 2.45) is 0 Å². The number of nitrogens with zero attached hydrogens (tertiary/aromatic N) is 5. The van der Waals surface area contributed by atoms with E-state index in [-0.39, 0.29) is 17.6 Å². The number of methoxy groups -OCH3 is 1. The van der Waals surface area contributed by atoms with Gasteiger partial charge in [-0.3, -0.25) is 19.0 Å². The lowest BCUT2D eigenvalue weighted by atomic mass is 10.2. The molecule has 0 spiro atoms. The number of likely N-dealkylation sites (tertiary alicyclic amines) is 1. The standard InChI is InChI=1S/C18H22N6O3/c1-12-10-14(21-20-12)17(25)22-7-5-13(11-22)24-16-15(4-3-6-19-16)23(18(24)26)8-9-27-2/h3-4,6,10,13H,5,7-9,11H2,1-2H3,(H,20,21)/t13-/m1/s1. The normalized spacial score (nSPS) is 17.1. The molecule has 9 heteroatoms. The van der Waals surface area contributed by atoms with Gasteiger partial charge in [-0.1, -0.05) is 0 Å². The number of carbonyl (C=O) groups excluding carboxylic acids is 1. The van der Waals surface area contributed by atoms with Crippen molar-refractivity contribution < 1.29 is 9.53 Å². The summed E-state index contributed by atoms with van der Waals surface area (Å²) in [6, 6.07) is 5.34. The summed E-state index contributed by atoms with van der Waals surface area (Å²) in [5.74, 6) is -0.119. The van der Waals surface area contributed by atoms with Gasteiger partial charge in [-0.15, -0.1) is 0 Å². The summed E-state index contributed by atoms with van der Waals surface area (Å²) in [7, 11) is 1.61. The maximum absolute atomic E-state index is 13.0. The van der Waals surface area contributed by atoms with Crippen molar-refractivity contribution in [3.63, 3.8) is 0 Å². The van der Waals surface area contributed by atoms with E-state index in [1.165, 1.54) is 0 Å². The summed E-state index contributed by atoms with van der Waals surface area (Å²) < 4.78 is 8.54. The monoisotopic (exact) mass is 370 g/mol. The van der Waals surface area contributed by atoms with Crippen LogP contribution in [0.2, 0.25) is 0 Å². The minimum Gasteiger partial charge on any atom is -0.383 e. The number of H-pyrrole nitrogens is 1. The minimum absolute atomic E-state index is 0.109. The van der Waals surface area contributed by atoms with Crippen molar-refractivity contribution in [3.05, 3.63) is 46.3 Å². The predicted molar refractivity (Wildman–Crippen MR) is 98.8 cm³/mol. The Balaban J connectivity index is 1.64. The molecule has 1 saturated heterocycles. The summed E-state index contributed by atoms with van der Waals surface area (Å²) in [5, 5.41) is 6.84. The van der Waals surface area contributed by atoms with Crippen molar-refractivity contribution >= 4 is 17.1 Å². The highest BCUT2D eigenvalue weighted by molar-refractivity contribution is 5.92. The molecular weight excluding hydrogens is 348 g/mol. The van der Waals surface area contributed by atoms with Crippen molar-refractivity contribution in [1.82, 2.24) is 29.2 Å². The van der Waals surface area contributed by atoms with E-state index in [9.17, 15) is 9.59 Å². The molecule has 1 amide bonds. The Morgan fingerprint density at radius 1 is 1.44 bits per heavy atom. The van der Waals surface area contributed by atoms with Gasteiger partial charge in [0, 0.05) is 32.1 Å². The van der Waals surface area contributed by atoms with Crippen LogP contribution in [0.25, 0.3) is 11.2 Å². The number of hydrogen-bond acceptors (Lipinski definition) is 5. The summed E-state index contributed by atoms with van der Waals surface area (Å²) in [4.78, 5) is 31.9. The number of aromatic amines is 1. The quantitative estimate of drug-likeness (QED) is 0.721. The van der Waals surface area contributed by atoms with Crippen LogP contribution in [0.5, 0.6) is 0 Å². The van der Waals surface area contributed by atoms with Gasteiger partial charge < -0.3 is 9.64 Å². The van der Waals surface area contributed by atoms with E-state index >= 15 is 0 Å². The van der Waals surface area contributed by atoms with Crippen LogP contribution in [0.3, 0.4) is 0 Å². The van der Waals surface area contributed by atoms with E-state index < -0.39 is 0 Å². The molecule has 27 heavy (non-hydrogen) atoms. The average molecular weight is 370 g/mol. The molecule has 142 valence electrons. The molecule has 0 radical (unpaired) electrons. The summed E-state index contributed by atoms with van der Waals surface area (Å²) >= 11 is 0. The number of nitrogens with one attached hydrogen (secondary N) is 1. The Morgan fingerprint density at radius 3 is 3.04 bits per heavy atom. The highest BCUT2D eigenvalue weighted by Crippen LogP contribution is 2.25. The molecule has 1 aliphatic rings. The molecule has 1 fully saturated rings. The molecule has 4 heterocycles. The second-order valence-corrected chi connectivity index (χ2v) is 6.77. The van der Waals surface area contributed by atoms with Crippen LogP contribution in [-0.2, 0) is 11.3 Å². The summed E-state index contributed by atoms with van der Waals surface area (Å²) in [6.45, 7) is 3.81. The van der Waals surface area contributed by atoms with E-state index in [0.29, 0.717) is 44.0 Å². The maximum atomic E-state index is 13.0. The topological polar surface area (TPSA) is 98.0 Å². The molecule has 1 atom stereocenters. The number of hydrogen-bond donors (Lipinski definition) is 1. The van der Waals surface area contributed by atoms with Gasteiger partial charge in [0.05, 0.1) is 24.7 Å². The van der Waals surface area contributed by atoms with Gasteiger partial charge in [-0.25, -0.2) is 9.78 Å². The molecule has 0 unspecified atom stereocenters. The van der Waals surface area contributed by atoms with Crippen molar-refractivity contribution in [3.8, 4) is 0 Å². The van der Waals surface area contributed by atoms with Gasteiger partial charge in [-0.2, -0.15) is 5.10 Å². The van der Waals surface area contributed by atoms with Gasteiger partial charge in [0.15, 0.2) is 5.65 Å². The third-order valence-electron chi connectivity index (χ3n) is 4.98. The number of carbonyl (C=O) groups is 1. The van der Waals surface area contributed by atoms with Gasteiger partial charge in [0.25, 0.3) is 5.91 Å². The van der Waals surface area contributed by atoms with Crippen LogP contribution in [-0.4, -0.2) is 61.9 Å². The van der Waals surface area contributed by atoms with Crippen LogP contribution >= 0.6 is 0 Å². The zero-order valence-corrected chi connectivity index (χ0v) is 15.4. The van der Waals surface area contributed by atoms with Crippen LogP contribution in [0, 0.1) is 6.92 Å². The fraction of sp³-hybridized carbons (Fsp3) is 0.444. The lowest BCUT2D eigenvalue weighted by Gasteiger charge is -2.15. The molecule has 1 aliphatic heterocycles. The number of aromatic nitrogens is 5. The maximum Gasteiger partial charge on any atom is 0.330 e. The highest BCUT2D eigenvalue weighted by atomic mass is 16.5. The van der Waals surface area contributed by atoms with E-state index in [2.05, 4.69) is 15.2 Å². The first kappa shape index (κ1) is 17.5. The highest BCUT2D eigenvalue weighted by Gasteiger charge is 2.32. The van der Waals surface area contributed by atoms with Gasteiger partial charge in [-0.05, 0) is 31.5 Å². The third kappa shape index (κ3) is 3.03. The summed E-state index contributed by atoms with van der Waals surface area (Å²) in [6.07, 6.45) is 2.39.